The highest BCUT2D eigenvalue weighted by atomic mass is 16.5. The Morgan fingerprint density at radius 2 is 1.95 bits per heavy atom. The molecule has 3 unspecified atom stereocenters. The zero-order valence-electron chi connectivity index (χ0n) is 14.3. The van der Waals surface area contributed by atoms with Crippen molar-refractivity contribution in [3.8, 4) is 0 Å². The van der Waals surface area contributed by atoms with E-state index < -0.39 is 0 Å². The zero-order chi connectivity index (χ0) is 14.8. The predicted octanol–water partition coefficient (Wildman–Crippen LogP) is 4.63. The lowest BCUT2D eigenvalue weighted by Gasteiger charge is -2.36. The van der Waals surface area contributed by atoms with Crippen molar-refractivity contribution in [3.05, 3.63) is 0 Å². The second-order valence-corrected chi connectivity index (χ2v) is 6.99. The van der Waals surface area contributed by atoms with E-state index in [0.29, 0.717) is 0 Å². The molecule has 1 saturated carbocycles. The maximum atomic E-state index is 5.84. The third-order valence-corrected chi connectivity index (χ3v) is 4.80. The summed E-state index contributed by atoms with van der Waals surface area (Å²) in [5.41, 5.74) is 0. The molecular formula is C18H37NO. The fraction of sp³-hybridized carbons (Fsp3) is 1.00. The lowest BCUT2D eigenvalue weighted by molar-refractivity contribution is 0.0892. The smallest absolute Gasteiger partial charge is 0.0469 e. The van der Waals surface area contributed by atoms with Crippen molar-refractivity contribution in [2.45, 2.75) is 78.7 Å². The van der Waals surface area contributed by atoms with Gasteiger partial charge in [-0.2, -0.15) is 0 Å². The average molecular weight is 283 g/mol. The summed E-state index contributed by atoms with van der Waals surface area (Å²) in [6.07, 6.45) is 9.23. The van der Waals surface area contributed by atoms with E-state index >= 15 is 0 Å². The molecule has 0 bridgehead atoms. The molecule has 1 N–H and O–H groups in total. The van der Waals surface area contributed by atoms with Gasteiger partial charge < -0.3 is 10.1 Å². The average Bonchev–Trinajstić information content (AvgIpc) is 2.45. The largest absolute Gasteiger partial charge is 0.381 e. The van der Waals surface area contributed by atoms with Gasteiger partial charge >= 0.3 is 0 Å². The van der Waals surface area contributed by atoms with Crippen LogP contribution in [0.15, 0.2) is 0 Å². The lowest BCUT2D eigenvalue weighted by atomic mass is 9.75. The molecule has 0 radical (unpaired) electrons. The Hall–Kier alpha value is -0.0800. The van der Waals surface area contributed by atoms with Gasteiger partial charge in [0.05, 0.1) is 0 Å². The van der Waals surface area contributed by atoms with Gasteiger partial charge in [0, 0.05) is 19.3 Å². The van der Waals surface area contributed by atoms with Crippen molar-refractivity contribution in [1.29, 1.82) is 0 Å². The molecule has 0 aromatic rings. The molecule has 1 aliphatic rings. The third-order valence-electron chi connectivity index (χ3n) is 4.80. The normalized spacial score (nSPS) is 27.1. The summed E-state index contributed by atoms with van der Waals surface area (Å²) in [7, 11) is 0. The van der Waals surface area contributed by atoms with Gasteiger partial charge in [-0.05, 0) is 62.8 Å². The maximum Gasteiger partial charge on any atom is 0.0469 e. The van der Waals surface area contributed by atoms with Crippen LogP contribution < -0.4 is 5.32 Å². The number of rotatable bonds is 10. The Kier molecular flexibility index (Phi) is 9.54. The van der Waals surface area contributed by atoms with Gasteiger partial charge in [-0.15, -0.1) is 0 Å². The quantitative estimate of drug-likeness (QED) is 0.590. The van der Waals surface area contributed by atoms with Gasteiger partial charge in [0.2, 0.25) is 0 Å². The Bertz CT molecular complexity index is 229. The van der Waals surface area contributed by atoms with Crippen molar-refractivity contribution >= 4 is 0 Å². The van der Waals surface area contributed by atoms with Crippen molar-refractivity contribution in [3.63, 3.8) is 0 Å². The van der Waals surface area contributed by atoms with Crippen molar-refractivity contribution < 1.29 is 4.74 Å². The first-order valence-corrected chi connectivity index (χ1v) is 8.98. The van der Waals surface area contributed by atoms with Gasteiger partial charge in [-0.25, -0.2) is 0 Å². The van der Waals surface area contributed by atoms with Crippen molar-refractivity contribution in [2.24, 2.45) is 17.8 Å². The fourth-order valence-corrected chi connectivity index (χ4v) is 3.31. The van der Waals surface area contributed by atoms with Crippen LogP contribution in [-0.2, 0) is 4.74 Å². The highest BCUT2D eigenvalue weighted by molar-refractivity contribution is 4.84. The third kappa shape index (κ3) is 7.08. The van der Waals surface area contributed by atoms with E-state index in [4.69, 9.17) is 4.74 Å². The Morgan fingerprint density at radius 3 is 2.60 bits per heavy atom. The monoisotopic (exact) mass is 283 g/mol. The molecule has 2 heteroatoms. The Balaban J connectivity index is 2.27. The van der Waals surface area contributed by atoms with Crippen LogP contribution in [0.2, 0.25) is 0 Å². The zero-order valence-corrected chi connectivity index (χ0v) is 14.3. The molecule has 120 valence electrons. The van der Waals surface area contributed by atoms with Gasteiger partial charge in [-0.3, -0.25) is 0 Å². The van der Waals surface area contributed by atoms with Crippen LogP contribution in [0.1, 0.15) is 72.6 Å². The summed E-state index contributed by atoms with van der Waals surface area (Å²) in [4.78, 5) is 0. The van der Waals surface area contributed by atoms with Crippen LogP contribution in [0.3, 0.4) is 0 Å². The maximum absolute atomic E-state index is 5.84. The SMILES string of the molecule is CCCNC1CCC(CC)CC1CCOCCC(C)C. The summed E-state index contributed by atoms with van der Waals surface area (Å²) >= 11 is 0. The summed E-state index contributed by atoms with van der Waals surface area (Å²) in [6, 6.07) is 0.742. The van der Waals surface area contributed by atoms with Gasteiger partial charge in [0.25, 0.3) is 0 Å². The molecule has 20 heavy (non-hydrogen) atoms. The molecule has 1 rings (SSSR count). The fourth-order valence-electron chi connectivity index (χ4n) is 3.31. The molecular weight excluding hydrogens is 246 g/mol. The van der Waals surface area contributed by atoms with E-state index in [9.17, 15) is 0 Å². The number of hydrogen-bond donors (Lipinski definition) is 1. The second-order valence-electron chi connectivity index (χ2n) is 6.99. The molecule has 0 aromatic heterocycles. The first-order valence-electron chi connectivity index (χ1n) is 8.98. The molecule has 0 saturated heterocycles. The first-order chi connectivity index (χ1) is 9.67. The van der Waals surface area contributed by atoms with Crippen LogP contribution in [0.25, 0.3) is 0 Å². The minimum Gasteiger partial charge on any atom is -0.381 e. The van der Waals surface area contributed by atoms with Crippen molar-refractivity contribution in [1.82, 2.24) is 5.32 Å². The van der Waals surface area contributed by atoms with Gasteiger partial charge in [0.15, 0.2) is 0 Å². The first kappa shape index (κ1) is 18.0. The van der Waals surface area contributed by atoms with Crippen LogP contribution in [0, 0.1) is 17.8 Å². The standard InChI is InChI=1S/C18H37NO/c1-5-11-19-18-8-7-16(6-2)14-17(18)10-13-20-12-9-15(3)4/h15-19H,5-14H2,1-4H3. The molecule has 0 spiro atoms. The highest BCUT2D eigenvalue weighted by Gasteiger charge is 2.28. The van der Waals surface area contributed by atoms with Crippen LogP contribution >= 0.6 is 0 Å². The van der Waals surface area contributed by atoms with E-state index in [0.717, 1.165) is 37.0 Å². The van der Waals surface area contributed by atoms with E-state index in [2.05, 4.69) is 33.0 Å². The Labute approximate surface area is 127 Å². The Morgan fingerprint density at radius 1 is 1.15 bits per heavy atom. The van der Waals surface area contributed by atoms with E-state index in [1.54, 1.807) is 0 Å². The van der Waals surface area contributed by atoms with Crippen LogP contribution in [0.4, 0.5) is 0 Å². The minimum absolute atomic E-state index is 0.742. The van der Waals surface area contributed by atoms with Crippen molar-refractivity contribution in [2.75, 3.05) is 19.8 Å². The van der Waals surface area contributed by atoms with Gasteiger partial charge in [0.1, 0.15) is 0 Å². The summed E-state index contributed by atoms with van der Waals surface area (Å²) in [6.45, 7) is 12.2. The molecule has 1 aliphatic carbocycles. The molecule has 0 aliphatic heterocycles. The second kappa shape index (κ2) is 10.6. The van der Waals surface area contributed by atoms with E-state index in [-0.39, 0.29) is 0 Å². The van der Waals surface area contributed by atoms with E-state index in [1.807, 2.05) is 0 Å². The van der Waals surface area contributed by atoms with E-state index in [1.165, 1.54) is 51.5 Å². The summed E-state index contributed by atoms with van der Waals surface area (Å²) in [5.74, 6) is 2.54. The van der Waals surface area contributed by atoms with Crippen LogP contribution in [0.5, 0.6) is 0 Å². The minimum atomic E-state index is 0.742. The summed E-state index contributed by atoms with van der Waals surface area (Å²) < 4.78 is 5.84. The van der Waals surface area contributed by atoms with Gasteiger partial charge in [-0.1, -0.05) is 34.1 Å². The predicted molar refractivity (Wildman–Crippen MR) is 88.1 cm³/mol. The molecule has 3 atom stereocenters. The number of hydrogen-bond acceptors (Lipinski definition) is 2. The molecule has 0 amide bonds. The molecule has 0 aromatic carbocycles. The lowest BCUT2D eigenvalue weighted by Crippen LogP contribution is -2.41. The highest BCUT2D eigenvalue weighted by Crippen LogP contribution is 2.33. The summed E-state index contributed by atoms with van der Waals surface area (Å²) in [5, 5.41) is 3.77. The molecule has 2 nitrogen and oxygen atoms in total. The molecule has 1 fully saturated rings. The number of ether oxygens (including phenoxy) is 1. The van der Waals surface area contributed by atoms with Crippen LogP contribution in [-0.4, -0.2) is 25.8 Å². The molecule has 0 heterocycles. The number of nitrogens with one attached hydrogen (secondary N) is 1. The topological polar surface area (TPSA) is 21.3 Å².